The van der Waals surface area contributed by atoms with Gasteiger partial charge in [0.1, 0.15) is 19.0 Å². The van der Waals surface area contributed by atoms with Crippen molar-refractivity contribution in [3.05, 3.63) is 59.7 Å². The van der Waals surface area contributed by atoms with E-state index in [4.69, 9.17) is 19.3 Å². The predicted molar refractivity (Wildman–Crippen MR) is 110 cm³/mol. The van der Waals surface area contributed by atoms with Crippen LogP contribution in [0.1, 0.15) is 38.3 Å². The molecule has 0 saturated heterocycles. The van der Waals surface area contributed by atoms with Crippen LogP contribution in [-0.4, -0.2) is 31.4 Å². The Balaban J connectivity index is 1.88. The first-order valence-electron chi connectivity index (χ1n) is 9.31. The number of ether oxygens (including phenoxy) is 3. The van der Waals surface area contributed by atoms with Crippen LogP contribution in [0.3, 0.4) is 0 Å². The molecule has 1 N–H and O–H groups in total. The maximum atomic E-state index is 10.6. The maximum Gasteiger partial charge on any atom is 0.328 e. The third-order valence-electron chi connectivity index (χ3n) is 4.74. The Labute approximate surface area is 166 Å². The maximum absolute atomic E-state index is 10.6. The molecule has 2 rings (SSSR count). The molecule has 0 aliphatic heterocycles. The highest BCUT2D eigenvalue weighted by molar-refractivity contribution is 5.85. The Kier molecular flexibility index (Phi) is 7.50. The van der Waals surface area contributed by atoms with Gasteiger partial charge in [-0.15, -0.1) is 0 Å². The fourth-order valence-electron chi connectivity index (χ4n) is 2.59. The molecule has 0 spiro atoms. The standard InChI is InChI=1S/C23H28O5/c1-5-23(2,3)18-8-10-19(11-9-18)27-14-15-28-20-12-6-17(7-13-22(24)25)16-21(20)26-4/h6-13,16H,5,14-15H2,1-4H3,(H,24,25). The topological polar surface area (TPSA) is 65.0 Å². The molecule has 28 heavy (non-hydrogen) atoms. The van der Waals surface area contributed by atoms with Crippen molar-refractivity contribution in [2.75, 3.05) is 20.3 Å². The fraction of sp³-hybridized carbons (Fsp3) is 0.348. The molecule has 0 aliphatic carbocycles. The first kappa shape index (κ1) is 21.4. The lowest BCUT2D eigenvalue weighted by molar-refractivity contribution is -0.131. The van der Waals surface area contributed by atoms with Crippen LogP contribution >= 0.6 is 0 Å². The van der Waals surface area contributed by atoms with E-state index < -0.39 is 5.97 Å². The van der Waals surface area contributed by atoms with Gasteiger partial charge in [-0.2, -0.15) is 0 Å². The average Bonchev–Trinajstić information content (AvgIpc) is 2.70. The van der Waals surface area contributed by atoms with E-state index in [1.54, 1.807) is 25.3 Å². The quantitative estimate of drug-likeness (QED) is 0.464. The molecule has 2 aromatic rings. The third-order valence-corrected chi connectivity index (χ3v) is 4.74. The molecular weight excluding hydrogens is 356 g/mol. The highest BCUT2D eigenvalue weighted by Crippen LogP contribution is 2.29. The van der Waals surface area contributed by atoms with E-state index in [0.29, 0.717) is 24.7 Å². The number of methoxy groups -OCH3 is 1. The van der Waals surface area contributed by atoms with Crippen LogP contribution in [0.4, 0.5) is 0 Å². The molecule has 0 radical (unpaired) electrons. The number of rotatable bonds is 10. The van der Waals surface area contributed by atoms with E-state index in [-0.39, 0.29) is 5.41 Å². The molecule has 0 aromatic heterocycles. The minimum Gasteiger partial charge on any atom is -0.493 e. The number of aliphatic carboxylic acids is 1. The zero-order valence-corrected chi connectivity index (χ0v) is 16.9. The van der Waals surface area contributed by atoms with Gasteiger partial charge in [0.2, 0.25) is 0 Å². The lowest BCUT2D eigenvalue weighted by Gasteiger charge is -2.23. The summed E-state index contributed by atoms with van der Waals surface area (Å²) in [6, 6.07) is 13.4. The smallest absolute Gasteiger partial charge is 0.328 e. The van der Waals surface area contributed by atoms with Crippen molar-refractivity contribution in [1.29, 1.82) is 0 Å². The van der Waals surface area contributed by atoms with Gasteiger partial charge in [0.15, 0.2) is 11.5 Å². The summed E-state index contributed by atoms with van der Waals surface area (Å²) in [7, 11) is 1.54. The van der Waals surface area contributed by atoms with E-state index in [1.165, 1.54) is 11.6 Å². The van der Waals surface area contributed by atoms with Crippen molar-refractivity contribution in [2.45, 2.75) is 32.6 Å². The molecule has 0 bridgehead atoms. The number of hydrogen-bond acceptors (Lipinski definition) is 4. The Bertz CT molecular complexity index is 806. The van der Waals surface area contributed by atoms with Gasteiger partial charge in [0, 0.05) is 6.08 Å². The minimum absolute atomic E-state index is 0.157. The van der Waals surface area contributed by atoms with Crippen LogP contribution in [0.5, 0.6) is 17.2 Å². The molecule has 150 valence electrons. The summed E-state index contributed by atoms with van der Waals surface area (Å²) in [4.78, 5) is 10.6. The minimum atomic E-state index is -0.997. The van der Waals surface area contributed by atoms with Crippen molar-refractivity contribution in [3.63, 3.8) is 0 Å². The number of carboxylic acids is 1. The molecule has 2 aromatic carbocycles. The van der Waals surface area contributed by atoms with Gasteiger partial charge in [-0.05, 0) is 53.3 Å². The fourth-order valence-corrected chi connectivity index (χ4v) is 2.59. The second kappa shape index (κ2) is 9.83. The first-order valence-corrected chi connectivity index (χ1v) is 9.31. The molecule has 0 amide bonds. The average molecular weight is 384 g/mol. The summed E-state index contributed by atoms with van der Waals surface area (Å²) in [6.45, 7) is 7.41. The summed E-state index contributed by atoms with van der Waals surface area (Å²) in [6.07, 6.45) is 3.66. The lowest BCUT2D eigenvalue weighted by Crippen LogP contribution is -2.15. The van der Waals surface area contributed by atoms with Crippen molar-refractivity contribution in [3.8, 4) is 17.2 Å². The number of carboxylic acid groups (broad SMARTS) is 1. The van der Waals surface area contributed by atoms with E-state index in [1.807, 2.05) is 12.1 Å². The lowest BCUT2D eigenvalue weighted by atomic mass is 9.82. The second-order valence-electron chi connectivity index (χ2n) is 7.04. The van der Waals surface area contributed by atoms with Gasteiger partial charge in [-0.3, -0.25) is 0 Å². The van der Waals surface area contributed by atoms with Crippen molar-refractivity contribution >= 4 is 12.0 Å². The van der Waals surface area contributed by atoms with Crippen molar-refractivity contribution < 1.29 is 24.1 Å². The SMILES string of the molecule is CCC(C)(C)c1ccc(OCCOc2ccc(C=CC(=O)O)cc2OC)cc1. The molecule has 5 nitrogen and oxygen atoms in total. The monoisotopic (exact) mass is 384 g/mol. The molecule has 0 fully saturated rings. The summed E-state index contributed by atoms with van der Waals surface area (Å²) >= 11 is 0. The van der Waals surface area contributed by atoms with E-state index >= 15 is 0 Å². The molecule has 0 heterocycles. The number of carbonyl (C=O) groups is 1. The van der Waals surface area contributed by atoms with Gasteiger partial charge in [-0.25, -0.2) is 4.79 Å². The largest absolute Gasteiger partial charge is 0.493 e. The summed E-state index contributed by atoms with van der Waals surface area (Å²) in [5.41, 5.74) is 2.17. The van der Waals surface area contributed by atoms with E-state index in [9.17, 15) is 4.79 Å². The first-order chi connectivity index (χ1) is 13.4. The van der Waals surface area contributed by atoms with Crippen LogP contribution < -0.4 is 14.2 Å². The molecule has 0 unspecified atom stereocenters. The van der Waals surface area contributed by atoms with Crippen molar-refractivity contribution in [1.82, 2.24) is 0 Å². The van der Waals surface area contributed by atoms with Gasteiger partial charge in [0.25, 0.3) is 0 Å². The molecule has 0 atom stereocenters. The molecule has 5 heteroatoms. The van der Waals surface area contributed by atoms with E-state index in [0.717, 1.165) is 23.8 Å². The molecule has 0 aliphatic rings. The summed E-state index contributed by atoms with van der Waals surface area (Å²) in [5.74, 6) is 0.931. The van der Waals surface area contributed by atoms with Gasteiger partial charge >= 0.3 is 5.97 Å². The third kappa shape index (κ3) is 6.05. The van der Waals surface area contributed by atoms with Gasteiger partial charge < -0.3 is 19.3 Å². The molecule has 0 saturated carbocycles. The zero-order valence-electron chi connectivity index (χ0n) is 16.9. The summed E-state index contributed by atoms with van der Waals surface area (Å²) < 4.78 is 16.8. The van der Waals surface area contributed by atoms with Crippen LogP contribution in [0, 0.1) is 0 Å². The highest BCUT2D eigenvalue weighted by atomic mass is 16.5. The van der Waals surface area contributed by atoms with E-state index in [2.05, 4.69) is 32.9 Å². The Morgan fingerprint density at radius 2 is 1.71 bits per heavy atom. The van der Waals surface area contributed by atoms with Crippen LogP contribution in [-0.2, 0) is 10.2 Å². The predicted octanol–water partition coefficient (Wildman–Crippen LogP) is 4.94. The second-order valence-corrected chi connectivity index (χ2v) is 7.04. The van der Waals surface area contributed by atoms with Crippen molar-refractivity contribution in [2.24, 2.45) is 0 Å². The number of benzene rings is 2. The summed E-state index contributed by atoms with van der Waals surface area (Å²) in [5, 5.41) is 8.70. The number of hydrogen-bond donors (Lipinski definition) is 1. The Morgan fingerprint density at radius 1 is 1.04 bits per heavy atom. The van der Waals surface area contributed by atoms with Crippen LogP contribution in [0.25, 0.3) is 6.08 Å². The normalized spacial score (nSPS) is 11.4. The Hall–Kier alpha value is -2.95. The van der Waals surface area contributed by atoms with Gasteiger partial charge in [-0.1, -0.05) is 39.0 Å². The van der Waals surface area contributed by atoms with Crippen LogP contribution in [0.15, 0.2) is 48.5 Å². The van der Waals surface area contributed by atoms with Crippen LogP contribution in [0.2, 0.25) is 0 Å². The zero-order chi connectivity index (χ0) is 20.6. The highest BCUT2D eigenvalue weighted by Gasteiger charge is 2.17. The molecular formula is C23H28O5. The Morgan fingerprint density at radius 3 is 2.32 bits per heavy atom. The van der Waals surface area contributed by atoms with Gasteiger partial charge in [0.05, 0.1) is 7.11 Å².